The van der Waals surface area contributed by atoms with Gasteiger partial charge in [-0.3, -0.25) is 4.79 Å². The van der Waals surface area contributed by atoms with Gasteiger partial charge in [0.05, 0.1) is 5.52 Å². The van der Waals surface area contributed by atoms with Gasteiger partial charge in [-0.15, -0.1) is 5.10 Å². The second-order valence-corrected chi connectivity index (χ2v) is 5.53. The van der Waals surface area contributed by atoms with Gasteiger partial charge >= 0.3 is 0 Å². The Balaban J connectivity index is 1.79. The number of hydrogen-bond acceptors (Lipinski definition) is 4. The number of likely N-dealkylation sites (tertiary alicyclic amines) is 1. The quantitative estimate of drug-likeness (QED) is 0.924. The summed E-state index contributed by atoms with van der Waals surface area (Å²) in [5.41, 5.74) is 2.37. The molecule has 21 heavy (non-hydrogen) atoms. The molecule has 1 saturated heterocycles. The molecule has 1 aliphatic rings. The van der Waals surface area contributed by atoms with Crippen LogP contribution >= 0.6 is 0 Å². The Labute approximate surface area is 123 Å². The lowest BCUT2D eigenvalue weighted by Crippen LogP contribution is -2.39. The summed E-state index contributed by atoms with van der Waals surface area (Å²) < 4.78 is 1.82. The Bertz CT molecular complexity index is 644. The maximum Gasteiger partial charge on any atom is 0.253 e. The van der Waals surface area contributed by atoms with Gasteiger partial charge in [0.15, 0.2) is 0 Å². The van der Waals surface area contributed by atoms with Gasteiger partial charge in [0.2, 0.25) is 0 Å². The molecule has 0 spiro atoms. The fourth-order valence-corrected chi connectivity index (χ4v) is 2.84. The minimum Gasteiger partial charge on any atom is -0.396 e. The smallest absolute Gasteiger partial charge is 0.253 e. The number of hydrogen-bond donors (Lipinski definition) is 1. The summed E-state index contributed by atoms with van der Waals surface area (Å²) in [6.07, 6.45) is 1.74. The maximum atomic E-state index is 12.5. The molecule has 6 nitrogen and oxygen atoms in total. The van der Waals surface area contributed by atoms with Crippen LogP contribution in [0.1, 0.15) is 30.1 Å². The normalized spacial score (nSPS) is 16.6. The Morgan fingerprint density at radius 2 is 2.14 bits per heavy atom. The zero-order valence-electron chi connectivity index (χ0n) is 12.2. The van der Waals surface area contributed by atoms with Gasteiger partial charge in [-0.1, -0.05) is 5.21 Å². The van der Waals surface area contributed by atoms with E-state index in [-0.39, 0.29) is 12.5 Å². The van der Waals surface area contributed by atoms with Gasteiger partial charge < -0.3 is 10.0 Å². The van der Waals surface area contributed by atoms with Gasteiger partial charge in [0.1, 0.15) is 5.52 Å². The number of fused-ring (bicyclic) bond motifs is 1. The molecule has 0 unspecified atom stereocenters. The molecule has 0 radical (unpaired) electrons. The molecule has 3 rings (SSSR count). The van der Waals surface area contributed by atoms with E-state index in [1.165, 1.54) is 0 Å². The van der Waals surface area contributed by atoms with E-state index in [0.717, 1.165) is 30.4 Å². The van der Waals surface area contributed by atoms with E-state index >= 15 is 0 Å². The van der Waals surface area contributed by atoms with Crippen molar-refractivity contribution in [1.82, 2.24) is 19.9 Å². The molecule has 0 atom stereocenters. The van der Waals surface area contributed by atoms with E-state index in [4.69, 9.17) is 5.11 Å². The lowest BCUT2D eigenvalue weighted by atomic mass is 9.97. The number of piperidine rings is 1. The van der Waals surface area contributed by atoms with Crippen LogP contribution in [-0.2, 0) is 6.54 Å². The van der Waals surface area contributed by atoms with Crippen LogP contribution in [0.4, 0.5) is 0 Å². The lowest BCUT2D eigenvalue weighted by molar-refractivity contribution is 0.0651. The predicted octanol–water partition coefficient (Wildman–Crippen LogP) is 1.30. The van der Waals surface area contributed by atoms with Gasteiger partial charge in [0, 0.05) is 31.8 Å². The van der Waals surface area contributed by atoms with E-state index < -0.39 is 0 Å². The molecule has 1 aromatic heterocycles. The van der Waals surface area contributed by atoms with Crippen LogP contribution in [0.2, 0.25) is 0 Å². The summed E-state index contributed by atoms with van der Waals surface area (Å²) in [7, 11) is 0. The van der Waals surface area contributed by atoms with Crippen molar-refractivity contribution in [3.63, 3.8) is 0 Å². The van der Waals surface area contributed by atoms with Gasteiger partial charge in [-0.25, -0.2) is 4.68 Å². The number of nitrogens with zero attached hydrogens (tertiary/aromatic N) is 4. The summed E-state index contributed by atoms with van der Waals surface area (Å²) >= 11 is 0. The van der Waals surface area contributed by atoms with Crippen molar-refractivity contribution < 1.29 is 9.90 Å². The number of aliphatic hydroxyl groups excluding tert-OH is 1. The highest BCUT2D eigenvalue weighted by Gasteiger charge is 2.23. The van der Waals surface area contributed by atoms with Crippen molar-refractivity contribution in [2.45, 2.75) is 26.3 Å². The van der Waals surface area contributed by atoms with E-state index in [2.05, 4.69) is 10.3 Å². The Morgan fingerprint density at radius 1 is 1.38 bits per heavy atom. The van der Waals surface area contributed by atoms with Crippen molar-refractivity contribution in [2.24, 2.45) is 5.92 Å². The van der Waals surface area contributed by atoms with Crippen LogP contribution in [0.3, 0.4) is 0 Å². The van der Waals surface area contributed by atoms with Crippen molar-refractivity contribution >= 4 is 16.9 Å². The predicted molar refractivity (Wildman–Crippen MR) is 78.9 cm³/mol. The third-order valence-electron chi connectivity index (χ3n) is 4.22. The molecule has 1 amide bonds. The van der Waals surface area contributed by atoms with Crippen molar-refractivity contribution in [1.29, 1.82) is 0 Å². The van der Waals surface area contributed by atoms with Crippen LogP contribution < -0.4 is 0 Å². The number of carbonyl (C=O) groups excluding carboxylic acids is 1. The molecule has 112 valence electrons. The van der Waals surface area contributed by atoms with Crippen molar-refractivity contribution in [2.75, 3.05) is 19.7 Å². The molecule has 0 bridgehead atoms. The zero-order chi connectivity index (χ0) is 14.8. The average molecular weight is 288 g/mol. The number of carbonyl (C=O) groups is 1. The van der Waals surface area contributed by atoms with E-state index in [1.54, 1.807) is 0 Å². The lowest BCUT2D eigenvalue weighted by Gasteiger charge is -2.31. The minimum absolute atomic E-state index is 0.0411. The summed E-state index contributed by atoms with van der Waals surface area (Å²) in [5, 5.41) is 17.3. The highest BCUT2D eigenvalue weighted by atomic mass is 16.3. The van der Waals surface area contributed by atoms with E-state index in [9.17, 15) is 4.79 Å². The molecule has 1 fully saturated rings. The molecule has 2 heterocycles. The highest BCUT2D eigenvalue weighted by Crippen LogP contribution is 2.20. The molecule has 0 saturated carbocycles. The van der Waals surface area contributed by atoms with Crippen molar-refractivity contribution in [3.05, 3.63) is 23.8 Å². The number of aryl methyl sites for hydroxylation is 1. The van der Waals surface area contributed by atoms with Gasteiger partial charge in [-0.05, 0) is 43.9 Å². The summed E-state index contributed by atoms with van der Waals surface area (Å²) in [6, 6.07) is 5.57. The zero-order valence-corrected chi connectivity index (χ0v) is 12.2. The Hall–Kier alpha value is -1.95. The first-order valence-electron chi connectivity index (χ1n) is 7.46. The number of benzene rings is 1. The average Bonchev–Trinajstić information content (AvgIpc) is 2.96. The Morgan fingerprint density at radius 3 is 2.81 bits per heavy atom. The van der Waals surface area contributed by atoms with Crippen molar-refractivity contribution in [3.8, 4) is 0 Å². The van der Waals surface area contributed by atoms with Crippen LogP contribution in [0, 0.1) is 5.92 Å². The summed E-state index contributed by atoms with van der Waals surface area (Å²) in [6.45, 7) is 4.42. The summed E-state index contributed by atoms with van der Waals surface area (Å²) in [5.74, 6) is 0.375. The van der Waals surface area contributed by atoms with E-state index in [0.29, 0.717) is 24.6 Å². The second kappa shape index (κ2) is 5.81. The standard InChI is InChI=1S/C15H20N4O2/c1-2-19-14-4-3-12(9-13(14)16-17-19)15(21)18-7-5-11(10-20)6-8-18/h3-4,9,11,20H,2,5-8,10H2,1H3. The first-order valence-corrected chi connectivity index (χ1v) is 7.46. The topological polar surface area (TPSA) is 71.2 Å². The second-order valence-electron chi connectivity index (χ2n) is 5.53. The van der Waals surface area contributed by atoms with Gasteiger partial charge in [0.25, 0.3) is 5.91 Å². The van der Waals surface area contributed by atoms with Crippen LogP contribution in [0.25, 0.3) is 11.0 Å². The number of amides is 1. The van der Waals surface area contributed by atoms with Crippen LogP contribution in [-0.4, -0.2) is 50.6 Å². The molecular weight excluding hydrogens is 268 g/mol. The fourth-order valence-electron chi connectivity index (χ4n) is 2.84. The minimum atomic E-state index is 0.0411. The van der Waals surface area contributed by atoms with E-state index in [1.807, 2.05) is 34.7 Å². The number of aromatic nitrogens is 3. The maximum absolute atomic E-state index is 12.5. The third-order valence-corrected chi connectivity index (χ3v) is 4.22. The molecule has 0 aliphatic carbocycles. The summed E-state index contributed by atoms with van der Waals surface area (Å²) in [4.78, 5) is 14.4. The van der Waals surface area contributed by atoms with Crippen LogP contribution in [0.5, 0.6) is 0 Å². The molecule has 1 N–H and O–H groups in total. The SMILES string of the molecule is CCn1nnc2cc(C(=O)N3CCC(CO)CC3)ccc21. The Kier molecular flexibility index (Phi) is 3.88. The molecule has 2 aromatic rings. The first kappa shape index (κ1) is 14.0. The highest BCUT2D eigenvalue weighted by molar-refractivity contribution is 5.97. The number of aliphatic hydroxyl groups is 1. The molecule has 1 aromatic carbocycles. The van der Waals surface area contributed by atoms with Gasteiger partial charge in [-0.2, -0.15) is 0 Å². The molecular formula is C15H20N4O2. The first-order chi connectivity index (χ1) is 10.2. The number of rotatable bonds is 3. The van der Waals surface area contributed by atoms with Crippen LogP contribution in [0.15, 0.2) is 18.2 Å². The largest absolute Gasteiger partial charge is 0.396 e. The fraction of sp³-hybridized carbons (Fsp3) is 0.533. The monoisotopic (exact) mass is 288 g/mol. The molecule has 6 heteroatoms. The third kappa shape index (κ3) is 2.63. The molecule has 1 aliphatic heterocycles.